The first-order valence-electron chi connectivity index (χ1n) is 6.81. The number of hydrogen-bond acceptors (Lipinski definition) is 3. The number of nitrogens with one attached hydrogen (secondary N) is 1. The first-order valence-corrected chi connectivity index (χ1v) is 6.81. The van der Waals surface area contributed by atoms with Gasteiger partial charge in [0, 0.05) is 18.0 Å². The molecule has 0 atom stereocenters. The van der Waals surface area contributed by atoms with Gasteiger partial charge in [-0.3, -0.25) is 4.98 Å². The highest BCUT2D eigenvalue weighted by Crippen LogP contribution is 2.08. The van der Waals surface area contributed by atoms with Crippen molar-refractivity contribution in [3.63, 3.8) is 0 Å². The average Bonchev–Trinajstić information content (AvgIpc) is 2.34. The average molecular weight is 274 g/mol. The van der Waals surface area contributed by atoms with Gasteiger partial charge in [-0.1, -0.05) is 25.2 Å². The molecule has 4 nitrogen and oxygen atoms in total. The van der Waals surface area contributed by atoms with E-state index >= 15 is 0 Å². The summed E-state index contributed by atoms with van der Waals surface area (Å²) in [5.74, 6) is 5.95. The summed E-state index contributed by atoms with van der Waals surface area (Å²) < 4.78 is 5.12. The summed E-state index contributed by atoms with van der Waals surface area (Å²) in [6.45, 7) is 7.86. The van der Waals surface area contributed by atoms with Crippen LogP contribution in [-0.2, 0) is 11.2 Å². The van der Waals surface area contributed by atoms with Crippen LogP contribution in [0.5, 0.6) is 0 Å². The van der Waals surface area contributed by atoms with Crippen LogP contribution < -0.4 is 5.32 Å². The second-order valence-corrected chi connectivity index (χ2v) is 5.44. The summed E-state index contributed by atoms with van der Waals surface area (Å²) in [5, 5.41) is 2.61. The largest absolute Gasteiger partial charge is 0.444 e. The summed E-state index contributed by atoms with van der Waals surface area (Å²) in [5.41, 5.74) is 1.61. The number of aromatic nitrogens is 1. The Balaban J connectivity index is 2.53. The lowest BCUT2D eigenvalue weighted by Gasteiger charge is -2.19. The van der Waals surface area contributed by atoms with Crippen molar-refractivity contribution in [1.29, 1.82) is 0 Å². The molecule has 1 aromatic heterocycles. The van der Waals surface area contributed by atoms with Gasteiger partial charge in [-0.15, -0.1) is 0 Å². The van der Waals surface area contributed by atoms with Crippen molar-refractivity contribution in [2.45, 2.75) is 46.1 Å². The lowest BCUT2D eigenvalue weighted by atomic mass is 10.1. The van der Waals surface area contributed by atoms with Gasteiger partial charge in [0.25, 0.3) is 0 Å². The molecule has 1 amide bonds. The summed E-state index contributed by atoms with van der Waals surface area (Å²) in [6, 6.07) is 1.98. The molecule has 0 spiro atoms. The molecule has 0 saturated carbocycles. The Labute approximate surface area is 120 Å². The molecule has 0 fully saturated rings. The zero-order chi connectivity index (χ0) is 15.0. The second-order valence-electron chi connectivity index (χ2n) is 5.44. The van der Waals surface area contributed by atoms with Crippen molar-refractivity contribution in [3.8, 4) is 11.8 Å². The van der Waals surface area contributed by atoms with E-state index in [0.717, 1.165) is 18.4 Å². The third-order valence-corrected chi connectivity index (χ3v) is 2.37. The maximum atomic E-state index is 11.4. The maximum absolute atomic E-state index is 11.4. The van der Waals surface area contributed by atoms with Crippen LogP contribution >= 0.6 is 0 Å². The van der Waals surface area contributed by atoms with E-state index in [1.807, 2.05) is 26.8 Å². The first-order chi connectivity index (χ1) is 9.42. The number of nitrogens with zero attached hydrogens (tertiary/aromatic N) is 1. The number of amides is 1. The van der Waals surface area contributed by atoms with Gasteiger partial charge in [0.2, 0.25) is 0 Å². The van der Waals surface area contributed by atoms with Crippen molar-refractivity contribution in [2.75, 3.05) is 6.54 Å². The van der Waals surface area contributed by atoms with E-state index in [2.05, 4.69) is 29.1 Å². The third kappa shape index (κ3) is 6.24. The lowest BCUT2D eigenvalue weighted by Crippen LogP contribution is -2.32. The minimum absolute atomic E-state index is 0.259. The Bertz CT molecular complexity index is 507. The monoisotopic (exact) mass is 274 g/mol. The molecule has 0 aliphatic heterocycles. The Morgan fingerprint density at radius 1 is 1.45 bits per heavy atom. The van der Waals surface area contributed by atoms with Gasteiger partial charge in [-0.2, -0.15) is 0 Å². The molecule has 1 N–H and O–H groups in total. The Morgan fingerprint density at radius 3 is 2.85 bits per heavy atom. The lowest BCUT2D eigenvalue weighted by molar-refractivity contribution is 0.0535. The van der Waals surface area contributed by atoms with Crippen LogP contribution in [0.15, 0.2) is 18.5 Å². The summed E-state index contributed by atoms with van der Waals surface area (Å²) in [6.07, 6.45) is 5.12. The van der Waals surface area contributed by atoms with Gasteiger partial charge >= 0.3 is 6.09 Å². The van der Waals surface area contributed by atoms with Crippen molar-refractivity contribution in [1.82, 2.24) is 10.3 Å². The summed E-state index contributed by atoms with van der Waals surface area (Å²) >= 11 is 0. The fourth-order valence-corrected chi connectivity index (χ4v) is 1.59. The minimum atomic E-state index is -0.491. The number of hydrogen-bond donors (Lipinski definition) is 1. The van der Waals surface area contributed by atoms with Gasteiger partial charge in [0.05, 0.1) is 6.54 Å². The molecular formula is C16H22N2O2. The van der Waals surface area contributed by atoms with Crippen LogP contribution in [-0.4, -0.2) is 23.2 Å². The number of alkyl carbamates (subject to hydrolysis) is 1. The molecule has 0 saturated heterocycles. The van der Waals surface area contributed by atoms with Crippen LogP contribution in [0.25, 0.3) is 0 Å². The summed E-state index contributed by atoms with van der Waals surface area (Å²) in [4.78, 5) is 15.5. The molecule has 0 unspecified atom stereocenters. The van der Waals surface area contributed by atoms with Gasteiger partial charge in [0.1, 0.15) is 5.60 Å². The molecule has 0 bridgehead atoms. The highest BCUT2D eigenvalue weighted by molar-refractivity contribution is 5.68. The Kier molecular flexibility index (Phi) is 6.05. The van der Waals surface area contributed by atoms with E-state index < -0.39 is 11.7 Å². The van der Waals surface area contributed by atoms with Crippen LogP contribution in [0, 0.1) is 11.8 Å². The molecule has 4 heteroatoms. The maximum Gasteiger partial charge on any atom is 0.408 e. The van der Waals surface area contributed by atoms with Crippen molar-refractivity contribution >= 4 is 6.09 Å². The molecule has 0 aliphatic carbocycles. The first kappa shape index (κ1) is 16.0. The Morgan fingerprint density at radius 2 is 2.20 bits per heavy atom. The van der Waals surface area contributed by atoms with Crippen molar-refractivity contribution in [2.24, 2.45) is 0 Å². The topological polar surface area (TPSA) is 51.2 Å². The molecule has 20 heavy (non-hydrogen) atoms. The van der Waals surface area contributed by atoms with Crippen molar-refractivity contribution in [3.05, 3.63) is 29.6 Å². The number of ether oxygens (including phenoxy) is 1. The predicted octanol–water partition coefficient (Wildman–Crippen LogP) is 2.91. The number of rotatable bonds is 3. The number of carbonyl (C=O) groups excluding carboxylic acids is 1. The Hall–Kier alpha value is -2.02. The number of carbonyl (C=O) groups is 1. The van der Waals surface area contributed by atoms with Crippen LogP contribution in [0.1, 0.15) is 45.2 Å². The highest BCUT2D eigenvalue weighted by Gasteiger charge is 2.14. The van der Waals surface area contributed by atoms with E-state index in [4.69, 9.17) is 4.74 Å². The molecular weight excluding hydrogens is 252 g/mol. The number of pyridine rings is 1. The van der Waals surface area contributed by atoms with Gasteiger partial charge in [-0.05, 0) is 38.8 Å². The fourth-order valence-electron chi connectivity index (χ4n) is 1.59. The molecule has 1 rings (SSSR count). The SMILES string of the molecule is CCCc1ccncc1C#CCNC(=O)OC(C)(C)C. The fraction of sp³-hybridized carbons (Fsp3) is 0.500. The quantitative estimate of drug-likeness (QED) is 0.862. The molecule has 108 valence electrons. The molecule has 0 aliphatic rings. The van der Waals surface area contributed by atoms with Gasteiger partial charge in [-0.25, -0.2) is 4.79 Å². The smallest absolute Gasteiger partial charge is 0.408 e. The van der Waals surface area contributed by atoms with E-state index in [-0.39, 0.29) is 6.54 Å². The third-order valence-electron chi connectivity index (χ3n) is 2.37. The van der Waals surface area contributed by atoms with Crippen LogP contribution in [0.2, 0.25) is 0 Å². The van der Waals surface area contributed by atoms with Crippen molar-refractivity contribution < 1.29 is 9.53 Å². The normalized spacial score (nSPS) is 10.4. The zero-order valence-electron chi connectivity index (χ0n) is 12.6. The van der Waals surface area contributed by atoms with E-state index in [0.29, 0.717) is 0 Å². The van der Waals surface area contributed by atoms with Crippen LogP contribution in [0.4, 0.5) is 4.79 Å². The standard InChI is InChI=1S/C16H22N2O2/c1-5-7-13-9-11-17-12-14(13)8-6-10-18-15(19)20-16(2,3)4/h9,11-12H,5,7,10H2,1-4H3,(H,18,19). The molecule has 1 heterocycles. The second kappa shape index (κ2) is 7.54. The molecule has 0 radical (unpaired) electrons. The molecule has 1 aromatic rings. The molecule has 0 aromatic carbocycles. The minimum Gasteiger partial charge on any atom is -0.444 e. The zero-order valence-corrected chi connectivity index (χ0v) is 12.6. The van der Waals surface area contributed by atoms with E-state index in [1.54, 1.807) is 12.4 Å². The van der Waals surface area contributed by atoms with Gasteiger partial charge < -0.3 is 10.1 Å². The highest BCUT2D eigenvalue weighted by atomic mass is 16.6. The number of aryl methyl sites for hydroxylation is 1. The van der Waals surface area contributed by atoms with Crippen LogP contribution in [0.3, 0.4) is 0 Å². The van der Waals surface area contributed by atoms with Gasteiger partial charge in [0.15, 0.2) is 0 Å². The predicted molar refractivity (Wildman–Crippen MR) is 79.3 cm³/mol. The summed E-state index contributed by atoms with van der Waals surface area (Å²) in [7, 11) is 0. The van der Waals surface area contributed by atoms with E-state index in [1.165, 1.54) is 5.56 Å². The van der Waals surface area contributed by atoms with E-state index in [9.17, 15) is 4.79 Å².